The second-order valence-corrected chi connectivity index (χ2v) is 8.75. The molecule has 2 saturated heterocycles. The third-order valence-corrected chi connectivity index (χ3v) is 6.15. The van der Waals surface area contributed by atoms with Crippen molar-refractivity contribution >= 4 is 5.91 Å². The summed E-state index contributed by atoms with van der Waals surface area (Å²) in [6.07, 6.45) is 0.171. The Labute approximate surface area is 172 Å². The van der Waals surface area contributed by atoms with E-state index in [4.69, 9.17) is 4.74 Å². The highest BCUT2D eigenvalue weighted by Crippen LogP contribution is 2.43. The van der Waals surface area contributed by atoms with Gasteiger partial charge in [-0.05, 0) is 49.6 Å². The number of amides is 1. The normalized spacial score (nSPS) is 24.1. The van der Waals surface area contributed by atoms with E-state index >= 15 is 0 Å². The molecule has 29 heavy (non-hydrogen) atoms. The molecule has 2 atom stereocenters. The van der Waals surface area contributed by atoms with Gasteiger partial charge in [-0.15, -0.1) is 0 Å². The summed E-state index contributed by atoms with van der Waals surface area (Å²) in [5.74, 6) is 1.27. The first kappa shape index (κ1) is 19.9. The molecule has 0 unspecified atom stereocenters. The van der Waals surface area contributed by atoms with Gasteiger partial charge in [0.05, 0.1) is 12.7 Å². The molecule has 0 radical (unpaired) electrons. The number of fused-ring (bicyclic) bond motifs is 1. The van der Waals surface area contributed by atoms with E-state index in [2.05, 4.69) is 17.0 Å². The molecule has 2 aromatic carbocycles. The van der Waals surface area contributed by atoms with Gasteiger partial charge in [0.2, 0.25) is 0 Å². The van der Waals surface area contributed by atoms with Crippen LogP contribution in [0.5, 0.6) is 5.75 Å². The minimum absolute atomic E-state index is 0.0696. The molecule has 2 aliphatic heterocycles. The topological polar surface area (TPSA) is 53.0 Å². The molecule has 0 bridgehead atoms. The standard InChI is InChI=1S/C24H30N2O3/c1-18(2)29-22-10-8-19(9-11-22)12-25-13-21-14-26(16-24(21,15-25)17-27)23(28)20-6-4-3-5-7-20/h3-11,18,21,27H,12-17H2,1-2H3/t21-,24+/m0/s1. The number of ether oxygens (including phenoxy) is 1. The van der Waals surface area contributed by atoms with Crippen molar-refractivity contribution in [1.29, 1.82) is 0 Å². The number of hydrogen-bond acceptors (Lipinski definition) is 4. The van der Waals surface area contributed by atoms with Crippen LogP contribution in [-0.2, 0) is 6.54 Å². The molecule has 5 heteroatoms. The highest BCUT2D eigenvalue weighted by molar-refractivity contribution is 5.94. The quantitative estimate of drug-likeness (QED) is 0.818. The van der Waals surface area contributed by atoms with Gasteiger partial charge in [-0.1, -0.05) is 30.3 Å². The Morgan fingerprint density at radius 1 is 1.10 bits per heavy atom. The zero-order valence-corrected chi connectivity index (χ0v) is 17.3. The summed E-state index contributed by atoms with van der Waals surface area (Å²) < 4.78 is 5.72. The zero-order chi connectivity index (χ0) is 20.4. The highest BCUT2D eigenvalue weighted by atomic mass is 16.5. The molecule has 2 aromatic rings. The molecule has 1 amide bonds. The molecular formula is C24H30N2O3. The van der Waals surface area contributed by atoms with Crippen LogP contribution in [-0.4, -0.2) is 59.7 Å². The number of hydrogen-bond donors (Lipinski definition) is 1. The van der Waals surface area contributed by atoms with Crippen LogP contribution in [0.25, 0.3) is 0 Å². The SMILES string of the molecule is CC(C)Oc1ccc(CN2C[C@H]3CN(C(=O)c4ccccc4)C[C@@]3(CO)C2)cc1. The Morgan fingerprint density at radius 2 is 1.83 bits per heavy atom. The lowest BCUT2D eigenvalue weighted by molar-refractivity contribution is 0.0719. The van der Waals surface area contributed by atoms with Crippen LogP contribution in [0.4, 0.5) is 0 Å². The van der Waals surface area contributed by atoms with Crippen molar-refractivity contribution in [3.63, 3.8) is 0 Å². The van der Waals surface area contributed by atoms with Gasteiger partial charge < -0.3 is 14.7 Å². The number of nitrogens with zero attached hydrogens (tertiary/aromatic N) is 2. The van der Waals surface area contributed by atoms with E-state index in [-0.39, 0.29) is 24.0 Å². The van der Waals surface area contributed by atoms with Crippen molar-refractivity contribution in [3.05, 3.63) is 65.7 Å². The molecule has 0 saturated carbocycles. The van der Waals surface area contributed by atoms with Crippen LogP contribution in [0, 0.1) is 11.3 Å². The predicted octanol–water partition coefficient (Wildman–Crippen LogP) is 3.04. The number of benzene rings is 2. The molecule has 2 aliphatic rings. The van der Waals surface area contributed by atoms with Gasteiger partial charge in [-0.3, -0.25) is 9.69 Å². The van der Waals surface area contributed by atoms with Crippen molar-refractivity contribution in [1.82, 2.24) is 9.80 Å². The van der Waals surface area contributed by atoms with Gasteiger partial charge >= 0.3 is 0 Å². The van der Waals surface area contributed by atoms with E-state index in [0.29, 0.717) is 19.0 Å². The van der Waals surface area contributed by atoms with Crippen molar-refractivity contribution in [2.24, 2.45) is 11.3 Å². The summed E-state index contributed by atoms with van der Waals surface area (Å²) in [4.78, 5) is 17.2. The van der Waals surface area contributed by atoms with Crippen LogP contribution in [0.15, 0.2) is 54.6 Å². The monoisotopic (exact) mass is 394 g/mol. The fourth-order valence-electron chi connectivity index (χ4n) is 4.76. The first-order chi connectivity index (χ1) is 14.0. The van der Waals surface area contributed by atoms with E-state index in [0.717, 1.165) is 30.9 Å². The van der Waals surface area contributed by atoms with Crippen LogP contribution >= 0.6 is 0 Å². The number of aliphatic hydroxyl groups excluding tert-OH is 1. The molecule has 0 aliphatic carbocycles. The fourth-order valence-corrected chi connectivity index (χ4v) is 4.76. The molecule has 2 fully saturated rings. The highest BCUT2D eigenvalue weighted by Gasteiger charge is 2.53. The Morgan fingerprint density at radius 3 is 2.45 bits per heavy atom. The lowest BCUT2D eigenvalue weighted by Gasteiger charge is -2.27. The van der Waals surface area contributed by atoms with Gasteiger partial charge in [0.25, 0.3) is 5.91 Å². The average molecular weight is 395 g/mol. The Bertz CT molecular complexity index is 837. The lowest BCUT2D eigenvalue weighted by Crippen LogP contribution is -2.38. The summed E-state index contributed by atoms with van der Waals surface area (Å²) in [7, 11) is 0. The molecule has 5 nitrogen and oxygen atoms in total. The number of likely N-dealkylation sites (tertiary alicyclic amines) is 2. The third-order valence-electron chi connectivity index (χ3n) is 6.15. The summed E-state index contributed by atoms with van der Waals surface area (Å²) >= 11 is 0. The summed E-state index contributed by atoms with van der Waals surface area (Å²) in [6.45, 7) is 8.08. The summed E-state index contributed by atoms with van der Waals surface area (Å²) in [6, 6.07) is 17.7. The van der Waals surface area contributed by atoms with Crippen molar-refractivity contribution < 1.29 is 14.6 Å². The second-order valence-electron chi connectivity index (χ2n) is 8.75. The maximum Gasteiger partial charge on any atom is 0.253 e. The summed E-state index contributed by atoms with van der Waals surface area (Å²) in [5.41, 5.74) is 1.75. The largest absolute Gasteiger partial charge is 0.491 e. The van der Waals surface area contributed by atoms with Gasteiger partial charge in [0.1, 0.15) is 5.75 Å². The van der Waals surface area contributed by atoms with Gasteiger partial charge in [-0.25, -0.2) is 0 Å². The average Bonchev–Trinajstić information content (AvgIpc) is 3.23. The minimum atomic E-state index is -0.217. The zero-order valence-electron chi connectivity index (χ0n) is 17.3. The van der Waals surface area contributed by atoms with Gasteiger partial charge in [-0.2, -0.15) is 0 Å². The van der Waals surface area contributed by atoms with E-state index < -0.39 is 0 Å². The molecule has 4 rings (SSSR count). The lowest BCUT2D eigenvalue weighted by atomic mass is 9.82. The molecule has 154 valence electrons. The van der Waals surface area contributed by atoms with Crippen LogP contribution < -0.4 is 4.74 Å². The van der Waals surface area contributed by atoms with Crippen LogP contribution in [0.3, 0.4) is 0 Å². The minimum Gasteiger partial charge on any atom is -0.491 e. The number of aliphatic hydroxyl groups is 1. The van der Waals surface area contributed by atoms with E-state index in [1.165, 1.54) is 5.56 Å². The van der Waals surface area contributed by atoms with E-state index in [9.17, 15) is 9.90 Å². The predicted molar refractivity (Wildman–Crippen MR) is 113 cm³/mol. The Kier molecular flexibility index (Phi) is 5.61. The first-order valence-electron chi connectivity index (χ1n) is 10.4. The maximum atomic E-state index is 12.8. The number of rotatable bonds is 6. The van der Waals surface area contributed by atoms with Crippen molar-refractivity contribution in [3.8, 4) is 5.75 Å². The smallest absolute Gasteiger partial charge is 0.253 e. The molecule has 2 heterocycles. The van der Waals surface area contributed by atoms with Gasteiger partial charge in [0, 0.05) is 43.7 Å². The van der Waals surface area contributed by atoms with Crippen molar-refractivity contribution in [2.75, 3.05) is 32.8 Å². The van der Waals surface area contributed by atoms with Gasteiger partial charge in [0.15, 0.2) is 0 Å². The van der Waals surface area contributed by atoms with Crippen LogP contribution in [0.2, 0.25) is 0 Å². The Balaban J connectivity index is 1.39. The number of carbonyl (C=O) groups excluding carboxylic acids is 1. The molecule has 0 aromatic heterocycles. The van der Waals surface area contributed by atoms with E-state index in [1.807, 2.05) is 61.2 Å². The summed E-state index contributed by atoms with van der Waals surface area (Å²) in [5, 5.41) is 10.2. The fraction of sp³-hybridized carbons (Fsp3) is 0.458. The van der Waals surface area contributed by atoms with Crippen LogP contribution in [0.1, 0.15) is 29.8 Å². The Hall–Kier alpha value is -2.37. The maximum absolute atomic E-state index is 12.8. The van der Waals surface area contributed by atoms with Crippen molar-refractivity contribution in [2.45, 2.75) is 26.5 Å². The molecule has 0 spiro atoms. The number of carbonyl (C=O) groups is 1. The first-order valence-corrected chi connectivity index (χ1v) is 10.4. The third kappa shape index (κ3) is 4.16. The molecular weight excluding hydrogens is 364 g/mol. The molecule has 1 N–H and O–H groups in total. The second kappa shape index (κ2) is 8.17. The van der Waals surface area contributed by atoms with E-state index in [1.54, 1.807) is 0 Å².